The lowest BCUT2D eigenvalue weighted by Gasteiger charge is -2.59. The van der Waals surface area contributed by atoms with E-state index in [1.807, 2.05) is 34.9 Å². The van der Waals surface area contributed by atoms with Gasteiger partial charge >= 0.3 is 0 Å². The summed E-state index contributed by atoms with van der Waals surface area (Å²) < 4.78 is 3.52. The molecule has 4 fully saturated rings. The van der Waals surface area contributed by atoms with Gasteiger partial charge in [0.2, 0.25) is 5.91 Å². The smallest absolute Gasteiger partial charge is 0.276 e. The number of nitrogens with one attached hydrogen (secondary N) is 1. The minimum atomic E-state index is -0.0990. The molecule has 1 atom stereocenters. The average Bonchev–Trinajstić information content (AvgIpc) is 3.23. The molecule has 7 rings (SSSR count). The topological polar surface area (TPSA) is 68.4 Å². The summed E-state index contributed by atoms with van der Waals surface area (Å²) in [6.07, 6.45) is 11.9. The van der Waals surface area contributed by atoms with Gasteiger partial charge in [0.15, 0.2) is 5.65 Å². The van der Waals surface area contributed by atoms with Crippen molar-refractivity contribution in [3.8, 4) is 0 Å². The van der Waals surface area contributed by atoms with E-state index in [9.17, 15) is 9.59 Å². The Morgan fingerprint density at radius 3 is 2.52 bits per heavy atom. The van der Waals surface area contributed by atoms with Crippen LogP contribution in [-0.4, -0.2) is 25.9 Å². The standard InChI is InChI=1S/C25H30N4O2/c1-16(25-13-17-10-18(14-25)12-19(11-17)15-25)27-22(30)6-9-29-23-20(4-2-7-26-23)28-8-3-5-21(28)24(29)31/h2-5,7-8,16-19H,6,9-15H2,1H3,(H,27,30)/t16-,17?,18?,19?,25?/m0/s1. The Kier molecular flexibility index (Phi) is 4.27. The minimum absolute atomic E-state index is 0.0366. The molecule has 4 saturated carbocycles. The lowest BCUT2D eigenvalue weighted by Crippen LogP contribution is -2.55. The summed E-state index contributed by atoms with van der Waals surface area (Å²) in [5.41, 5.74) is 2.31. The summed E-state index contributed by atoms with van der Waals surface area (Å²) in [5, 5.41) is 3.33. The van der Waals surface area contributed by atoms with Crippen LogP contribution in [0.4, 0.5) is 0 Å². The van der Waals surface area contributed by atoms with Crippen molar-refractivity contribution < 1.29 is 4.79 Å². The van der Waals surface area contributed by atoms with Gasteiger partial charge in [-0.3, -0.25) is 14.2 Å². The summed E-state index contributed by atoms with van der Waals surface area (Å²) >= 11 is 0. The van der Waals surface area contributed by atoms with Gasteiger partial charge in [0.25, 0.3) is 5.56 Å². The average molecular weight is 419 g/mol. The second-order valence-electron chi connectivity index (χ2n) is 10.4. The van der Waals surface area contributed by atoms with Gasteiger partial charge < -0.3 is 9.72 Å². The van der Waals surface area contributed by atoms with Crippen LogP contribution in [-0.2, 0) is 11.3 Å². The van der Waals surface area contributed by atoms with Crippen molar-refractivity contribution in [2.75, 3.05) is 0 Å². The molecule has 0 aliphatic heterocycles. The lowest BCUT2D eigenvalue weighted by atomic mass is 9.48. The van der Waals surface area contributed by atoms with E-state index < -0.39 is 0 Å². The Labute approximate surface area is 181 Å². The fraction of sp³-hybridized carbons (Fsp3) is 0.560. The van der Waals surface area contributed by atoms with E-state index in [-0.39, 0.29) is 17.5 Å². The SMILES string of the molecule is C[C@H](NC(=O)CCn1c(=O)c2cccn2c2cccnc21)C12CC3CC(CC(C3)C1)C2. The summed E-state index contributed by atoms with van der Waals surface area (Å²) in [7, 11) is 0. The first-order valence-electron chi connectivity index (χ1n) is 11.8. The molecule has 0 aromatic carbocycles. The predicted molar refractivity (Wildman–Crippen MR) is 120 cm³/mol. The molecule has 0 unspecified atom stereocenters. The summed E-state index contributed by atoms with van der Waals surface area (Å²) in [6.45, 7) is 2.55. The Balaban J connectivity index is 1.20. The number of fused-ring (bicyclic) bond motifs is 3. The zero-order chi connectivity index (χ0) is 21.2. The number of carbonyl (C=O) groups is 1. The van der Waals surface area contributed by atoms with Crippen molar-refractivity contribution in [3.05, 3.63) is 47.0 Å². The van der Waals surface area contributed by atoms with Crippen molar-refractivity contribution in [2.45, 2.75) is 64.5 Å². The number of pyridine rings is 1. The second kappa shape index (κ2) is 6.94. The first kappa shape index (κ1) is 19.1. The number of carbonyl (C=O) groups excluding carboxylic acids is 1. The fourth-order valence-corrected chi connectivity index (χ4v) is 7.38. The van der Waals surface area contributed by atoms with E-state index in [1.165, 1.54) is 38.5 Å². The van der Waals surface area contributed by atoms with E-state index in [0.717, 1.165) is 23.3 Å². The summed E-state index contributed by atoms with van der Waals surface area (Å²) in [5.74, 6) is 2.65. The summed E-state index contributed by atoms with van der Waals surface area (Å²) in [6, 6.07) is 7.72. The van der Waals surface area contributed by atoms with Crippen LogP contribution in [0.1, 0.15) is 51.9 Å². The molecule has 0 radical (unpaired) electrons. The molecule has 31 heavy (non-hydrogen) atoms. The number of rotatable bonds is 5. The van der Waals surface area contributed by atoms with Gasteiger partial charge in [-0.05, 0) is 92.9 Å². The third-order valence-electron chi connectivity index (χ3n) is 8.44. The molecule has 3 aromatic rings. The van der Waals surface area contributed by atoms with Gasteiger partial charge in [0.05, 0.1) is 5.52 Å². The van der Waals surface area contributed by atoms with Gasteiger partial charge in [-0.15, -0.1) is 0 Å². The maximum absolute atomic E-state index is 13.0. The predicted octanol–water partition coefficient (Wildman–Crippen LogP) is 3.76. The third-order valence-corrected chi connectivity index (χ3v) is 8.44. The highest BCUT2D eigenvalue weighted by molar-refractivity contribution is 5.77. The number of aromatic nitrogens is 3. The number of aryl methyl sites for hydroxylation is 1. The molecule has 6 heteroatoms. The Bertz CT molecular complexity index is 1190. The van der Waals surface area contributed by atoms with Crippen molar-refractivity contribution in [3.63, 3.8) is 0 Å². The van der Waals surface area contributed by atoms with Gasteiger partial charge in [-0.25, -0.2) is 4.98 Å². The van der Waals surface area contributed by atoms with Crippen LogP contribution in [0, 0.1) is 23.2 Å². The number of hydrogen-bond acceptors (Lipinski definition) is 3. The normalized spacial score (nSPS) is 30.2. The van der Waals surface area contributed by atoms with Crippen LogP contribution in [0.15, 0.2) is 41.5 Å². The lowest BCUT2D eigenvalue weighted by molar-refractivity contribution is -0.126. The van der Waals surface area contributed by atoms with Gasteiger partial charge in [-0.1, -0.05) is 0 Å². The molecule has 0 saturated heterocycles. The van der Waals surface area contributed by atoms with Crippen molar-refractivity contribution >= 4 is 22.6 Å². The zero-order valence-corrected chi connectivity index (χ0v) is 18.1. The van der Waals surface area contributed by atoms with Crippen molar-refractivity contribution in [1.82, 2.24) is 19.3 Å². The summed E-state index contributed by atoms with van der Waals surface area (Å²) in [4.78, 5) is 30.4. The first-order valence-corrected chi connectivity index (χ1v) is 11.8. The van der Waals surface area contributed by atoms with Crippen LogP contribution < -0.4 is 10.9 Å². The van der Waals surface area contributed by atoms with Gasteiger partial charge in [0.1, 0.15) is 5.52 Å². The molecule has 4 aliphatic carbocycles. The number of amides is 1. The molecule has 4 aliphatic rings. The van der Waals surface area contributed by atoms with E-state index in [2.05, 4.69) is 17.2 Å². The minimum Gasteiger partial charge on any atom is -0.353 e. The fourth-order valence-electron chi connectivity index (χ4n) is 7.38. The van der Waals surface area contributed by atoms with Crippen molar-refractivity contribution in [2.24, 2.45) is 23.2 Å². The molecule has 6 nitrogen and oxygen atoms in total. The molecule has 1 amide bonds. The highest BCUT2D eigenvalue weighted by Crippen LogP contribution is 2.61. The monoisotopic (exact) mass is 418 g/mol. The Morgan fingerprint density at radius 2 is 1.81 bits per heavy atom. The molecule has 0 spiro atoms. The van der Waals surface area contributed by atoms with E-state index in [4.69, 9.17) is 0 Å². The maximum atomic E-state index is 13.0. The molecule has 1 N–H and O–H groups in total. The Hall–Kier alpha value is -2.63. The van der Waals surface area contributed by atoms with Crippen LogP contribution in [0.25, 0.3) is 16.7 Å². The van der Waals surface area contributed by atoms with Gasteiger partial charge in [-0.2, -0.15) is 0 Å². The van der Waals surface area contributed by atoms with E-state index >= 15 is 0 Å². The third kappa shape index (κ3) is 3.02. The Morgan fingerprint density at radius 1 is 1.13 bits per heavy atom. The molecular formula is C25H30N4O2. The molecule has 3 heterocycles. The zero-order valence-electron chi connectivity index (χ0n) is 18.1. The van der Waals surface area contributed by atoms with Crippen LogP contribution in [0.5, 0.6) is 0 Å². The highest BCUT2D eigenvalue weighted by Gasteiger charge is 2.53. The number of nitrogens with zero attached hydrogens (tertiary/aromatic N) is 3. The quantitative estimate of drug-likeness (QED) is 0.686. The highest BCUT2D eigenvalue weighted by atomic mass is 16.2. The molecule has 3 aromatic heterocycles. The largest absolute Gasteiger partial charge is 0.353 e. The van der Waals surface area contributed by atoms with E-state index in [0.29, 0.717) is 29.5 Å². The molecular weight excluding hydrogens is 388 g/mol. The first-order chi connectivity index (χ1) is 15.0. The van der Waals surface area contributed by atoms with Crippen LogP contribution in [0.3, 0.4) is 0 Å². The molecule has 162 valence electrons. The van der Waals surface area contributed by atoms with Crippen LogP contribution >= 0.6 is 0 Å². The van der Waals surface area contributed by atoms with Crippen molar-refractivity contribution in [1.29, 1.82) is 0 Å². The van der Waals surface area contributed by atoms with Crippen LogP contribution in [0.2, 0.25) is 0 Å². The molecule has 4 bridgehead atoms. The van der Waals surface area contributed by atoms with E-state index in [1.54, 1.807) is 10.8 Å². The van der Waals surface area contributed by atoms with Gasteiger partial charge in [0, 0.05) is 31.4 Å². The maximum Gasteiger partial charge on any atom is 0.276 e. The number of hydrogen-bond donors (Lipinski definition) is 1. The second-order valence-corrected chi connectivity index (χ2v) is 10.4.